The van der Waals surface area contributed by atoms with Gasteiger partial charge in [-0.15, -0.1) is 0 Å². The predicted octanol–water partition coefficient (Wildman–Crippen LogP) is 3.75. The number of halogens is 2. The van der Waals surface area contributed by atoms with E-state index in [-0.39, 0.29) is 18.9 Å². The molecule has 5 nitrogen and oxygen atoms in total. The van der Waals surface area contributed by atoms with Crippen LogP contribution in [0.3, 0.4) is 0 Å². The number of rotatable bonds is 2. The van der Waals surface area contributed by atoms with Gasteiger partial charge in [0.1, 0.15) is 5.60 Å². The highest BCUT2D eigenvalue weighted by molar-refractivity contribution is 5.93. The first-order valence-corrected chi connectivity index (χ1v) is 8.58. The van der Waals surface area contributed by atoms with Gasteiger partial charge in [0.05, 0.1) is 12.5 Å². The van der Waals surface area contributed by atoms with Crippen LogP contribution in [0.5, 0.6) is 0 Å². The summed E-state index contributed by atoms with van der Waals surface area (Å²) in [6, 6.07) is 6.26. The summed E-state index contributed by atoms with van der Waals surface area (Å²) in [5, 5.41) is 0. The minimum absolute atomic E-state index is 0.132. The van der Waals surface area contributed by atoms with Gasteiger partial charge in [0.15, 0.2) is 0 Å². The molecule has 1 saturated heterocycles. The average Bonchev–Trinajstić information content (AvgIpc) is 2.51. The molecule has 1 unspecified atom stereocenters. The predicted molar refractivity (Wildman–Crippen MR) is 94.6 cm³/mol. The van der Waals surface area contributed by atoms with Crippen molar-refractivity contribution in [2.75, 3.05) is 27.2 Å². The number of piperidine rings is 1. The molecule has 2 rings (SSSR count). The van der Waals surface area contributed by atoms with Crippen molar-refractivity contribution in [3.8, 4) is 0 Å². The van der Waals surface area contributed by atoms with Gasteiger partial charge in [-0.25, -0.2) is 13.6 Å². The molecule has 26 heavy (non-hydrogen) atoms. The first-order valence-electron chi connectivity index (χ1n) is 8.58. The lowest BCUT2D eigenvalue weighted by Crippen LogP contribution is -2.50. The van der Waals surface area contributed by atoms with Crippen LogP contribution < -0.4 is 0 Å². The number of hydrogen-bond donors (Lipinski definition) is 0. The van der Waals surface area contributed by atoms with Crippen LogP contribution >= 0.6 is 0 Å². The Morgan fingerprint density at radius 1 is 1.19 bits per heavy atom. The van der Waals surface area contributed by atoms with Gasteiger partial charge in [-0.1, -0.05) is 12.1 Å². The van der Waals surface area contributed by atoms with Gasteiger partial charge in [0, 0.05) is 26.2 Å². The van der Waals surface area contributed by atoms with E-state index in [0.29, 0.717) is 11.1 Å². The molecular formula is C19H26F2N2O3. The van der Waals surface area contributed by atoms with E-state index in [0.717, 1.165) is 4.90 Å². The minimum atomic E-state index is -3.07. The molecule has 0 radical (unpaired) electrons. The van der Waals surface area contributed by atoms with E-state index in [2.05, 4.69) is 0 Å². The number of ether oxygens (including phenoxy) is 1. The summed E-state index contributed by atoms with van der Waals surface area (Å²) < 4.78 is 34.5. The van der Waals surface area contributed by atoms with E-state index in [9.17, 15) is 18.4 Å². The number of amides is 2. The molecule has 0 saturated carbocycles. The summed E-state index contributed by atoms with van der Waals surface area (Å²) in [6.07, 6.45) is -0.588. The fraction of sp³-hybridized carbons (Fsp3) is 0.579. The lowest BCUT2D eigenvalue weighted by atomic mass is 9.86. The molecule has 0 aliphatic carbocycles. The topological polar surface area (TPSA) is 49.9 Å². The summed E-state index contributed by atoms with van der Waals surface area (Å²) in [6.45, 7) is 4.63. The molecule has 1 aromatic rings. The van der Waals surface area contributed by atoms with E-state index in [1.165, 1.54) is 4.90 Å². The largest absolute Gasteiger partial charge is 0.444 e. The summed E-state index contributed by atoms with van der Waals surface area (Å²) >= 11 is 0. The zero-order chi connectivity index (χ0) is 19.7. The Bertz CT molecular complexity index is 666. The first-order chi connectivity index (χ1) is 11.9. The maximum atomic E-state index is 14.7. The van der Waals surface area contributed by atoms with Crippen molar-refractivity contribution >= 4 is 12.0 Å². The SMILES string of the molecule is CN(C)C(=O)c1ccc(C2CCN(C(=O)OC(C)(C)C)CC2(F)F)cc1. The summed E-state index contributed by atoms with van der Waals surface area (Å²) in [5.41, 5.74) is 0.195. The highest BCUT2D eigenvalue weighted by atomic mass is 19.3. The smallest absolute Gasteiger partial charge is 0.410 e. The monoisotopic (exact) mass is 368 g/mol. The second-order valence-electron chi connectivity index (χ2n) is 7.83. The number of hydrogen-bond acceptors (Lipinski definition) is 3. The third-order valence-corrected chi connectivity index (χ3v) is 4.22. The molecule has 1 heterocycles. The Morgan fingerprint density at radius 2 is 1.77 bits per heavy atom. The highest BCUT2D eigenvalue weighted by Gasteiger charge is 2.47. The molecule has 0 N–H and O–H groups in total. The Hall–Kier alpha value is -2.18. The average molecular weight is 368 g/mol. The van der Waals surface area contributed by atoms with Gasteiger partial charge in [0.25, 0.3) is 11.8 Å². The van der Waals surface area contributed by atoms with Crippen LogP contribution in [0.4, 0.5) is 13.6 Å². The van der Waals surface area contributed by atoms with Gasteiger partial charge in [0.2, 0.25) is 0 Å². The zero-order valence-electron chi connectivity index (χ0n) is 15.9. The zero-order valence-corrected chi connectivity index (χ0v) is 15.9. The van der Waals surface area contributed by atoms with Gasteiger partial charge in [-0.05, 0) is 44.9 Å². The molecule has 0 bridgehead atoms. The lowest BCUT2D eigenvalue weighted by Gasteiger charge is -2.39. The van der Waals surface area contributed by atoms with Crippen molar-refractivity contribution in [2.45, 2.75) is 44.6 Å². The highest BCUT2D eigenvalue weighted by Crippen LogP contribution is 2.40. The van der Waals surface area contributed by atoms with Crippen LogP contribution in [0.1, 0.15) is 49.0 Å². The number of carbonyl (C=O) groups is 2. The van der Waals surface area contributed by atoms with Crippen molar-refractivity contribution in [3.63, 3.8) is 0 Å². The van der Waals surface area contributed by atoms with E-state index in [1.807, 2.05) is 0 Å². The molecule has 2 amide bonds. The van der Waals surface area contributed by atoms with E-state index in [1.54, 1.807) is 59.1 Å². The molecule has 1 atom stereocenters. The summed E-state index contributed by atoms with van der Waals surface area (Å²) in [5.74, 6) is -4.24. The fourth-order valence-electron chi connectivity index (χ4n) is 2.95. The number of nitrogens with zero attached hydrogens (tertiary/aromatic N) is 2. The van der Waals surface area contributed by atoms with Crippen molar-refractivity contribution in [1.82, 2.24) is 9.80 Å². The van der Waals surface area contributed by atoms with Gasteiger partial charge in [-0.3, -0.25) is 4.79 Å². The number of alkyl halides is 2. The fourth-order valence-corrected chi connectivity index (χ4v) is 2.95. The number of likely N-dealkylation sites (tertiary alicyclic amines) is 1. The lowest BCUT2D eigenvalue weighted by molar-refractivity contribution is -0.0848. The first kappa shape index (κ1) is 20.1. The van der Waals surface area contributed by atoms with Crippen LogP contribution in [-0.4, -0.2) is 60.5 Å². The number of benzene rings is 1. The molecule has 1 fully saturated rings. The van der Waals surface area contributed by atoms with Gasteiger partial charge >= 0.3 is 6.09 Å². The molecule has 1 aliphatic rings. The van der Waals surface area contributed by atoms with Crippen molar-refractivity contribution < 1.29 is 23.1 Å². The Labute approximate surface area is 152 Å². The maximum Gasteiger partial charge on any atom is 0.410 e. The third kappa shape index (κ3) is 4.71. The van der Waals surface area contributed by atoms with Crippen LogP contribution in [0.15, 0.2) is 24.3 Å². The molecule has 1 aromatic carbocycles. The molecule has 7 heteroatoms. The third-order valence-electron chi connectivity index (χ3n) is 4.22. The van der Waals surface area contributed by atoms with Crippen LogP contribution in [0.25, 0.3) is 0 Å². The summed E-state index contributed by atoms with van der Waals surface area (Å²) in [7, 11) is 3.27. The van der Waals surface area contributed by atoms with Gasteiger partial charge < -0.3 is 14.5 Å². The quantitative estimate of drug-likeness (QED) is 0.799. The van der Waals surface area contributed by atoms with Gasteiger partial charge in [-0.2, -0.15) is 0 Å². The molecule has 0 spiro atoms. The molecule has 1 aliphatic heterocycles. The molecular weight excluding hydrogens is 342 g/mol. The number of carbonyl (C=O) groups excluding carboxylic acids is 2. The Morgan fingerprint density at radius 3 is 2.23 bits per heavy atom. The Kier molecular flexibility index (Phi) is 5.58. The van der Waals surface area contributed by atoms with E-state index in [4.69, 9.17) is 4.74 Å². The maximum absolute atomic E-state index is 14.7. The van der Waals surface area contributed by atoms with Crippen molar-refractivity contribution in [2.24, 2.45) is 0 Å². The Balaban J connectivity index is 2.11. The van der Waals surface area contributed by atoms with Crippen molar-refractivity contribution in [1.29, 1.82) is 0 Å². The molecule has 144 valence electrons. The summed E-state index contributed by atoms with van der Waals surface area (Å²) in [4.78, 5) is 26.5. The standard InChI is InChI=1S/C19H26F2N2O3/c1-18(2,3)26-17(25)23-11-10-15(19(20,21)12-23)13-6-8-14(9-7-13)16(24)22(4)5/h6-9,15H,10-12H2,1-5H3. The van der Waals surface area contributed by atoms with E-state index < -0.39 is 30.1 Å². The van der Waals surface area contributed by atoms with Crippen molar-refractivity contribution in [3.05, 3.63) is 35.4 Å². The minimum Gasteiger partial charge on any atom is -0.444 e. The van der Waals surface area contributed by atoms with Crippen LogP contribution in [0.2, 0.25) is 0 Å². The normalized spacial score (nSPS) is 19.8. The van der Waals surface area contributed by atoms with Crippen LogP contribution in [-0.2, 0) is 4.74 Å². The second kappa shape index (κ2) is 7.21. The van der Waals surface area contributed by atoms with Crippen LogP contribution in [0, 0.1) is 0 Å². The van der Waals surface area contributed by atoms with E-state index >= 15 is 0 Å². The second-order valence-corrected chi connectivity index (χ2v) is 7.83. The molecule has 0 aromatic heterocycles.